The molecule has 2 heterocycles. The van der Waals surface area contributed by atoms with Gasteiger partial charge in [-0.2, -0.15) is 4.31 Å². The second-order valence-corrected chi connectivity index (χ2v) is 7.37. The van der Waals surface area contributed by atoms with Crippen LogP contribution < -0.4 is 0 Å². The molecule has 0 atom stereocenters. The maximum atomic E-state index is 12.0. The first-order valence-electron chi connectivity index (χ1n) is 6.59. The Balaban J connectivity index is 2.07. The summed E-state index contributed by atoms with van der Waals surface area (Å²) in [5, 5.41) is 1.15. The van der Waals surface area contributed by atoms with Gasteiger partial charge in [0.25, 0.3) is 0 Å². The SMILES string of the molecule is CCS(=O)(=O)N1CCc2[nH]c3cc(C)ccc3c2C1. The summed E-state index contributed by atoms with van der Waals surface area (Å²) in [6, 6.07) is 6.28. The molecule has 1 aliphatic heterocycles. The van der Waals surface area contributed by atoms with Gasteiger partial charge < -0.3 is 4.98 Å². The van der Waals surface area contributed by atoms with Crippen LogP contribution in [0.2, 0.25) is 0 Å². The third kappa shape index (κ3) is 2.07. The minimum atomic E-state index is -3.10. The molecule has 0 aliphatic carbocycles. The number of hydrogen-bond donors (Lipinski definition) is 1. The average molecular weight is 278 g/mol. The molecule has 1 N–H and O–H groups in total. The molecule has 102 valence electrons. The first kappa shape index (κ1) is 12.7. The van der Waals surface area contributed by atoms with E-state index < -0.39 is 10.0 Å². The molecule has 5 heteroatoms. The molecule has 19 heavy (non-hydrogen) atoms. The number of aryl methyl sites for hydroxylation is 1. The summed E-state index contributed by atoms with van der Waals surface area (Å²) in [4.78, 5) is 3.43. The van der Waals surface area contributed by atoms with Gasteiger partial charge in [-0.15, -0.1) is 0 Å². The van der Waals surface area contributed by atoms with Crippen LogP contribution in [0.25, 0.3) is 10.9 Å². The van der Waals surface area contributed by atoms with Crippen molar-refractivity contribution >= 4 is 20.9 Å². The summed E-state index contributed by atoms with van der Waals surface area (Å²) >= 11 is 0. The zero-order chi connectivity index (χ0) is 13.6. The average Bonchev–Trinajstić information content (AvgIpc) is 2.74. The third-order valence-electron chi connectivity index (χ3n) is 3.85. The lowest BCUT2D eigenvalue weighted by molar-refractivity contribution is 0.392. The Morgan fingerprint density at radius 1 is 1.37 bits per heavy atom. The summed E-state index contributed by atoms with van der Waals surface area (Å²) < 4.78 is 25.6. The molecule has 1 aromatic heterocycles. The van der Waals surface area contributed by atoms with Crippen LogP contribution in [0.1, 0.15) is 23.7 Å². The van der Waals surface area contributed by atoms with E-state index in [-0.39, 0.29) is 5.75 Å². The molecule has 1 aliphatic rings. The Kier molecular flexibility index (Phi) is 2.91. The van der Waals surface area contributed by atoms with Gasteiger partial charge in [-0.05, 0) is 31.0 Å². The second-order valence-electron chi connectivity index (χ2n) is 5.12. The lowest BCUT2D eigenvalue weighted by Crippen LogP contribution is -2.36. The standard InChI is InChI=1S/C14H18N2O2S/c1-3-19(17,18)16-7-6-13-12(9-16)11-5-4-10(2)8-14(11)15-13/h4-5,8,15H,3,6-7,9H2,1-2H3. The number of nitrogens with one attached hydrogen (secondary N) is 1. The van der Waals surface area contributed by atoms with Crippen LogP contribution >= 0.6 is 0 Å². The van der Waals surface area contributed by atoms with Crippen molar-refractivity contribution in [2.75, 3.05) is 12.3 Å². The molecule has 0 spiro atoms. The maximum Gasteiger partial charge on any atom is 0.214 e. The van der Waals surface area contributed by atoms with E-state index in [1.807, 2.05) is 0 Å². The molecule has 3 rings (SSSR count). The van der Waals surface area contributed by atoms with Gasteiger partial charge in [0.05, 0.1) is 5.75 Å². The van der Waals surface area contributed by atoms with Gasteiger partial charge in [0.1, 0.15) is 0 Å². The van der Waals surface area contributed by atoms with E-state index in [4.69, 9.17) is 0 Å². The number of benzene rings is 1. The van der Waals surface area contributed by atoms with Gasteiger partial charge in [0.2, 0.25) is 10.0 Å². The molecular formula is C14H18N2O2S. The van der Waals surface area contributed by atoms with Crippen LogP contribution in [0.4, 0.5) is 0 Å². The number of fused-ring (bicyclic) bond motifs is 3. The summed E-state index contributed by atoms with van der Waals surface area (Å²) in [5.41, 5.74) is 4.64. The van der Waals surface area contributed by atoms with E-state index in [9.17, 15) is 8.42 Å². The molecule has 0 amide bonds. The van der Waals surface area contributed by atoms with Gasteiger partial charge in [0, 0.05) is 36.1 Å². The number of nitrogens with zero attached hydrogens (tertiary/aromatic N) is 1. The van der Waals surface area contributed by atoms with E-state index >= 15 is 0 Å². The van der Waals surface area contributed by atoms with Crippen molar-refractivity contribution in [3.8, 4) is 0 Å². The molecule has 0 saturated heterocycles. The molecule has 2 aromatic rings. The largest absolute Gasteiger partial charge is 0.358 e. The zero-order valence-electron chi connectivity index (χ0n) is 11.2. The summed E-state index contributed by atoms with van der Waals surface area (Å²) in [5.74, 6) is 0.170. The number of aromatic amines is 1. The Labute approximate surface area is 113 Å². The highest BCUT2D eigenvalue weighted by molar-refractivity contribution is 7.89. The van der Waals surface area contributed by atoms with Crippen molar-refractivity contribution in [1.82, 2.24) is 9.29 Å². The fourth-order valence-corrected chi connectivity index (χ4v) is 3.79. The quantitative estimate of drug-likeness (QED) is 0.915. The fourth-order valence-electron chi connectivity index (χ4n) is 2.73. The molecule has 0 bridgehead atoms. The summed E-state index contributed by atoms with van der Waals surface area (Å²) in [6.07, 6.45) is 0.766. The monoisotopic (exact) mass is 278 g/mol. The first-order chi connectivity index (χ1) is 9.01. The number of H-pyrrole nitrogens is 1. The Morgan fingerprint density at radius 2 is 2.16 bits per heavy atom. The summed E-state index contributed by atoms with van der Waals surface area (Å²) in [6.45, 7) is 4.83. The van der Waals surface area contributed by atoms with Crippen molar-refractivity contribution in [3.05, 3.63) is 35.0 Å². The van der Waals surface area contributed by atoms with Crippen molar-refractivity contribution in [3.63, 3.8) is 0 Å². The Hall–Kier alpha value is -1.33. The highest BCUT2D eigenvalue weighted by Crippen LogP contribution is 2.29. The molecule has 0 saturated carbocycles. The minimum absolute atomic E-state index is 0.170. The lowest BCUT2D eigenvalue weighted by Gasteiger charge is -2.25. The minimum Gasteiger partial charge on any atom is -0.358 e. The zero-order valence-corrected chi connectivity index (χ0v) is 12.0. The van der Waals surface area contributed by atoms with Crippen LogP contribution in [0, 0.1) is 6.92 Å². The van der Waals surface area contributed by atoms with Gasteiger partial charge in [-0.3, -0.25) is 0 Å². The van der Waals surface area contributed by atoms with Crippen LogP contribution in [-0.4, -0.2) is 30.0 Å². The molecule has 0 radical (unpaired) electrons. The van der Waals surface area contributed by atoms with E-state index in [2.05, 4.69) is 30.1 Å². The number of hydrogen-bond acceptors (Lipinski definition) is 2. The van der Waals surface area contributed by atoms with E-state index in [0.29, 0.717) is 13.1 Å². The predicted octanol–water partition coefficient (Wildman–Crippen LogP) is 2.18. The fraction of sp³-hybridized carbons (Fsp3) is 0.429. The third-order valence-corrected chi connectivity index (χ3v) is 5.68. The molecular weight excluding hydrogens is 260 g/mol. The lowest BCUT2D eigenvalue weighted by atomic mass is 10.1. The maximum absolute atomic E-state index is 12.0. The van der Waals surface area contributed by atoms with Crippen LogP contribution in [0.15, 0.2) is 18.2 Å². The van der Waals surface area contributed by atoms with Crippen LogP contribution in [0.3, 0.4) is 0 Å². The first-order valence-corrected chi connectivity index (χ1v) is 8.20. The summed E-state index contributed by atoms with van der Waals surface area (Å²) in [7, 11) is -3.10. The van der Waals surface area contributed by atoms with Crippen LogP contribution in [-0.2, 0) is 23.0 Å². The molecule has 0 unspecified atom stereocenters. The van der Waals surface area contributed by atoms with Crippen molar-refractivity contribution < 1.29 is 8.42 Å². The van der Waals surface area contributed by atoms with Gasteiger partial charge >= 0.3 is 0 Å². The van der Waals surface area contributed by atoms with Gasteiger partial charge in [-0.1, -0.05) is 12.1 Å². The van der Waals surface area contributed by atoms with Crippen LogP contribution in [0.5, 0.6) is 0 Å². The van der Waals surface area contributed by atoms with Gasteiger partial charge in [0.15, 0.2) is 0 Å². The molecule has 0 fully saturated rings. The van der Waals surface area contributed by atoms with Crippen molar-refractivity contribution in [2.45, 2.75) is 26.8 Å². The highest BCUT2D eigenvalue weighted by atomic mass is 32.2. The Morgan fingerprint density at radius 3 is 2.89 bits per heavy atom. The molecule has 1 aromatic carbocycles. The smallest absolute Gasteiger partial charge is 0.214 e. The molecule has 4 nitrogen and oxygen atoms in total. The van der Waals surface area contributed by atoms with E-state index in [1.54, 1.807) is 11.2 Å². The number of sulfonamides is 1. The van der Waals surface area contributed by atoms with E-state index in [0.717, 1.165) is 22.9 Å². The normalized spacial score (nSPS) is 16.7. The highest BCUT2D eigenvalue weighted by Gasteiger charge is 2.27. The Bertz CT molecular complexity index is 731. The van der Waals surface area contributed by atoms with E-state index in [1.165, 1.54) is 11.3 Å². The predicted molar refractivity (Wildman–Crippen MR) is 76.6 cm³/mol. The number of rotatable bonds is 2. The van der Waals surface area contributed by atoms with Crippen molar-refractivity contribution in [1.29, 1.82) is 0 Å². The second kappa shape index (κ2) is 4.35. The van der Waals surface area contributed by atoms with Gasteiger partial charge in [-0.25, -0.2) is 8.42 Å². The number of aromatic nitrogens is 1. The topological polar surface area (TPSA) is 53.2 Å². The van der Waals surface area contributed by atoms with Crippen molar-refractivity contribution in [2.24, 2.45) is 0 Å².